The van der Waals surface area contributed by atoms with Gasteiger partial charge in [-0.1, -0.05) is 0 Å². The van der Waals surface area contributed by atoms with Crippen LogP contribution in [0.2, 0.25) is 3.17 Å². The summed E-state index contributed by atoms with van der Waals surface area (Å²) in [4.78, 5) is 32.8. The molecule has 0 saturated heterocycles. The third kappa shape index (κ3) is 16.9. The topological polar surface area (TPSA) is 165 Å². The monoisotopic (exact) mass is 454 g/mol. The van der Waals surface area contributed by atoms with Crippen molar-refractivity contribution < 1.29 is 44.1 Å². The number of allylic oxidation sites excluding steroid dienone is 4. The van der Waals surface area contributed by atoms with Gasteiger partial charge in [0.05, 0.1) is 0 Å². The van der Waals surface area contributed by atoms with Gasteiger partial charge in [-0.25, -0.2) is 4.57 Å². The predicted octanol–water partition coefficient (Wildman–Crippen LogP) is 0.606. The van der Waals surface area contributed by atoms with Gasteiger partial charge in [-0.05, 0) is 0 Å². The molecule has 4 atom stereocenters. The van der Waals surface area contributed by atoms with Crippen LogP contribution < -0.4 is 0 Å². The van der Waals surface area contributed by atoms with E-state index < -0.39 is 19.5 Å². The molecule has 0 spiro atoms. The van der Waals surface area contributed by atoms with Gasteiger partial charge in [0.25, 0.3) is 0 Å². The van der Waals surface area contributed by atoms with Crippen LogP contribution in [0.5, 0.6) is 0 Å². The van der Waals surface area contributed by atoms with Gasteiger partial charge in [-0.3, -0.25) is 0 Å². The molecule has 0 aromatic carbocycles. The van der Waals surface area contributed by atoms with E-state index in [9.17, 15) is 15.0 Å². The van der Waals surface area contributed by atoms with E-state index in [4.69, 9.17) is 29.1 Å². The van der Waals surface area contributed by atoms with Crippen LogP contribution >= 0.6 is 7.82 Å². The molecular weight excluding hydrogens is 426 g/mol. The third-order valence-electron chi connectivity index (χ3n) is 4.04. The number of aliphatic hydroxyl groups is 3. The first-order valence-electron chi connectivity index (χ1n) is 9.21. The first-order valence-corrected chi connectivity index (χ1v) is 11.9. The van der Waals surface area contributed by atoms with Crippen LogP contribution in [0.4, 0.5) is 0 Å². The molecule has 1 aliphatic heterocycles. The van der Waals surface area contributed by atoms with E-state index in [1.54, 1.807) is 61.6 Å². The van der Waals surface area contributed by atoms with Crippen molar-refractivity contribution in [1.82, 2.24) is 0 Å². The van der Waals surface area contributed by atoms with E-state index in [0.717, 1.165) is 0 Å². The summed E-state index contributed by atoms with van der Waals surface area (Å²) in [5.74, 6) is -0.370. The third-order valence-corrected chi connectivity index (χ3v) is 5.68. The van der Waals surface area contributed by atoms with Gasteiger partial charge in [-0.2, -0.15) is 0 Å². The average Bonchev–Trinajstić information content (AvgIpc) is 2.61. The Morgan fingerprint density at radius 2 is 1.90 bits per heavy atom. The van der Waals surface area contributed by atoms with Crippen molar-refractivity contribution in [2.75, 3.05) is 6.61 Å². The maximum atomic E-state index is 11.2. The minimum atomic E-state index is -4.64. The molecule has 0 aromatic rings. The summed E-state index contributed by atoms with van der Waals surface area (Å²) in [6.45, 7) is 1.70. The van der Waals surface area contributed by atoms with Crippen LogP contribution in [0.1, 0.15) is 19.8 Å². The summed E-state index contributed by atoms with van der Waals surface area (Å²) in [7, 11) is -4.64. The maximum Gasteiger partial charge on any atom is 0.466 e. The molecule has 6 N–H and O–H groups in total. The largest absolute Gasteiger partial charge is 0.466 e. The van der Waals surface area contributed by atoms with Gasteiger partial charge in [0, 0.05) is 0 Å². The molecule has 0 fully saturated rings. The number of aliphatic hydroxyl groups excluding tert-OH is 2. The van der Waals surface area contributed by atoms with Crippen LogP contribution in [0.25, 0.3) is 0 Å². The zero-order chi connectivity index (χ0) is 23.2. The van der Waals surface area contributed by atoms with Crippen molar-refractivity contribution in [3.8, 4) is 0 Å². The Morgan fingerprint density at radius 3 is 2.47 bits per heavy atom. The molecule has 0 bridgehead atoms. The molecule has 1 heterocycles. The molecule has 11 heteroatoms. The van der Waals surface area contributed by atoms with Gasteiger partial charge in [0.1, 0.15) is 0 Å². The zero-order valence-electron chi connectivity index (χ0n) is 17.0. The Morgan fingerprint density at radius 1 is 1.30 bits per heavy atom. The van der Waals surface area contributed by atoms with Crippen molar-refractivity contribution in [2.45, 2.75) is 40.7 Å². The molecule has 0 radical (unpaired) electrons. The SMILES string of the molecule is C[C@@](O)(/C=C/[C@H]1CC=CC(=O)O1)[C@H]([Na])C[C@@H](O)\C=C/C=C\C=C\CO.O=P(O)(O)O. The first kappa shape index (κ1) is 29.2. The van der Waals surface area contributed by atoms with E-state index in [1.165, 1.54) is 6.08 Å². The molecule has 0 unspecified atom stereocenters. The normalized spacial score (nSPS) is 21.6. The second-order valence-corrected chi connectivity index (χ2v) is 9.22. The minimum Gasteiger partial charge on any atom is -0.303 e. The number of ether oxygens (including phenoxy) is 1. The van der Waals surface area contributed by atoms with Crippen molar-refractivity contribution in [1.29, 1.82) is 0 Å². The Kier molecular flexibility index (Phi) is 14.6. The summed E-state index contributed by atoms with van der Waals surface area (Å²) in [5, 5.41) is 29.3. The average molecular weight is 454 g/mol. The van der Waals surface area contributed by atoms with Crippen LogP contribution in [0, 0.1) is 0 Å². The zero-order valence-corrected chi connectivity index (χ0v) is 19.9. The number of hydrogen-bond donors (Lipinski definition) is 6. The summed E-state index contributed by atoms with van der Waals surface area (Å²) >= 11 is 0.706. The van der Waals surface area contributed by atoms with E-state index >= 15 is 0 Å². The predicted molar refractivity (Wildman–Crippen MR) is 112 cm³/mol. The van der Waals surface area contributed by atoms with Crippen molar-refractivity contribution in [2.24, 2.45) is 0 Å². The smallest absolute Gasteiger partial charge is 0.303 e. The van der Waals surface area contributed by atoms with Crippen LogP contribution in [-0.4, -0.2) is 88.3 Å². The summed E-state index contributed by atoms with van der Waals surface area (Å²) in [6, 6.07) is 0. The first-order chi connectivity index (χ1) is 13.8. The number of esters is 1. The molecule has 9 nitrogen and oxygen atoms in total. The van der Waals surface area contributed by atoms with E-state index in [0.29, 0.717) is 40.8 Å². The van der Waals surface area contributed by atoms with Crippen LogP contribution in [0.15, 0.2) is 60.8 Å². The fraction of sp³-hybridized carbons (Fsp3) is 0.421. The van der Waals surface area contributed by atoms with E-state index in [1.807, 2.05) is 0 Å². The van der Waals surface area contributed by atoms with Crippen molar-refractivity contribution >= 4 is 41.7 Å². The Hall–Kier alpha value is -0.840. The summed E-state index contributed by atoms with van der Waals surface area (Å²) in [6.07, 6.45) is 16.8. The second-order valence-electron chi connectivity index (χ2n) is 6.80. The number of carbonyl (C=O) groups excluding carboxylic acids is 1. The molecule has 30 heavy (non-hydrogen) atoms. The van der Waals surface area contributed by atoms with Gasteiger partial charge in [-0.15, -0.1) is 0 Å². The fourth-order valence-electron chi connectivity index (χ4n) is 2.26. The number of cyclic esters (lactones) is 1. The quantitative estimate of drug-likeness (QED) is 0.0962. The second kappa shape index (κ2) is 15.0. The van der Waals surface area contributed by atoms with Crippen molar-refractivity contribution in [3.63, 3.8) is 0 Å². The van der Waals surface area contributed by atoms with Gasteiger partial charge < -0.3 is 14.7 Å². The number of rotatable bonds is 9. The Labute approximate surface area is 193 Å². The molecule has 1 rings (SSSR count). The minimum absolute atomic E-state index is 0.00221. The number of phosphoric acid groups is 1. The number of hydrogen-bond acceptors (Lipinski definition) is 6. The van der Waals surface area contributed by atoms with Gasteiger partial charge in [0.15, 0.2) is 0 Å². The van der Waals surface area contributed by atoms with E-state index in [2.05, 4.69) is 0 Å². The molecule has 0 aliphatic carbocycles. The van der Waals surface area contributed by atoms with Crippen molar-refractivity contribution in [3.05, 3.63) is 60.8 Å². The molecular formula is C19H28NaO9P. The summed E-state index contributed by atoms with van der Waals surface area (Å²) < 4.78 is 14.0. The van der Waals surface area contributed by atoms with E-state index in [-0.39, 0.29) is 21.8 Å². The van der Waals surface area contributed by atoms with Gasteiger partial charge >= 0.3 is 175 Å². The standard InChI is InChI=1S/C19H25O5.Na.H3O4P/c1-19(23,14-12-17-9-7-10-18(22)24-17)13-11-16(21)8-5-3-2-4-6-15-20;;1-5(2,3)4/h2-8,10,12-14,16-17,20-21,23H,9,11,15H2,1H3;;(H3,1,2,3,4)/b3-2-,6-4+,8-5-,14-12+;;/t16-,17+,19-;;/m0../s1. The van der Waals surface area contributed by atoms with Gasteiger partial charge in [0.2, 0.25) is 0 Å². The van der Waals surface area contributed by atoms with Crippen LogP contribution in [0.3, 0.4) is 0 Å². The van der Waals surface area contributed by atoms with Crippen LogP contribution in [-0.2, 0) is 14.1 Å². The Balaban J connectivity index is 0.00000150. The number of carbonyl (C=O) groups is 1. The molecule has 164 valence electrons. The summed E-state index contributed by atoms with van der Waals surface area (Å²) in [5.41, 5.74) is -1.06. The molecule has 0 amide bonds. The fourth-order valence-corrected chi connectivity index (χ4v) is 2.93. The Bertz CT molecular complexity index is 699. The molecule has 0 saturated carbocycles. The molecule has 0 aromatic heterocycles. The molecule has 1 aliphatic rings. The maximum absolute atomic E-state index is 11.2.